The zero-order valence-corrected chi connectivity index (χ0v) is 7.47. The Labute approximate surface area is 71.2 Å². The molecule has 0 fully saturated rings. The number of aliphatic hydroxyl groups excluding tert-OH is 1. The molecule has 0 aromatic carbocycles. The SMILES string of the molecule is CSCCn1cccc1CO. The smallest absolute Gasteiger partial charge is 0.0832 e. The van der Waals surface area contributed by atoms with Gasteiger partial charge in [-0.3, -0.25) is 0 Å². The van der Waals surface area contributed by atoms with Crippen molar-refractivity contribution in [2.45, 2.75) is 13.2 Å². The third kappa shape index (κ3) is 2.27. The highest BCUT2D eigenvalue weighted by molar-refractivity contribution is 7.98. The van der Waals surface area contributed by atoms with E-state index in [1.165, 1.54) is 0 Å². The average Bonchev–Trinajstić information content (AvgIpc) is 2.47. The number of nitrogens with zero attached hydrogens (tertiary/aromatic N) is 1. The van der Waals surface area contributed by atoms with Crippen LogP contribution in [0, 0.1) is 0 Å². The van der Waals surface area contributed by atoms with E-state index in [0.29, 0.717) is 0 Å². The van der Waals surface area contributed by atoms with Crippen molar-refractivity contribution in [1.82, 2.24) is 4.57 Å². The molecular formula is C8H13NOS. The Bertz CT molecular complexity index is 210. The molecule has 0 radical (unpaired) electrons. The second kappa shape index (κ2) is 4.46. The molecule has 1 rings (SSSR count). The molecule has 1 aromatic rings. The van der Waals surface area contributed by atoms with Crippen LogP contribution in [-0.4, -0.2) is 21.7 Å². The van der Waals surface area contributed by atoms with E-state index in [0.717, 1.165) is 18.0 Å². The maximum atomic E-state index is 8.88. The molecule has 0 spiro atoms. The molecule has 3 heteroatoms. The Morgan fingerprint density at radius 2 is 2.45 bits per heavy atom. The van der Waals surface area contributed by atoms with Crippen molar-refractivity contribution in [2.75, 3.05) is 12.0 Å². The van der Waals surface area contributed by atoms with Gasteiger partial charge in [-0.05, 0) is 18.4 Å². The highest BCUT2D eigenvalue weighted by Crippen LogP contribution is 2.03. The summed E-state index contributed by atoms with van der Waals surface area (Å²) in [7, 11) is 0. The maximum Gasteiger partial charge on any atom is 0.0832 e. The largest absolute Gasteiger partial charge is 0.390 e. The fourth-order valence-electron chi connectivity index (χ4n) is 1.00. The number of aliphatic hydroxyl groups is 1. The summed E-state index contributed by atoms with van der Waals surface area (Å²) >= 11 is 1.82. The van der Waals surface area contributed by atoms with Gasteiger partial charge in [-0.15, -0.1) is 0 Å². The quantitative estimate of drug-likeness (QED) is 0.739. The minimum Gasteiger partial charge on any atom is -0.390 e. The summed E-state index contributed by atoms with van der Waals surface area (Å²) < 4.78 is 2.08. The molecule has 0 atom stereocenters. The zero-order chi connectivity index (χ0) is 8.10. The second-order valence-corrected chi connectivity index (χ2v) is 3.33. The van der Waals surface area contributed by atoms with Gasteiger partial charge >= 0.3 is 0 Å². The molecule has 0 bridgehead atoms. The van der Waals surface area contributed by atoms with Crippen LogP contribution in [0.5, 0.6) is 0 Å². The topological polar surface area (TPSA) is 25.2 Å². The molecule has 0 aliphatic carbocycles. The van der Waals surface area contributed by atoms with Gasteiger partial charge in [0.05, 0.1) is 6.61 Å². The Kier molecular flexibility index (Phi) is 3.52. The molecule has 1 N–H and O–H groups in total. The van der Waals surface area contributed by atoms with E-state index in [1.807, 2.05) is 30.1 Å². The summed E-state index contributed by atoms with van der Waals surface area (Å²) in [5, 5.41) is 8.88. The van der Waals surface area contributed by atoms with Crippen LogP contribution < -0.4 is 0 Å². The highest BCUT2D eigenvalue weighted by atomic mass is 32.2. The molecule has 11 heavy (non-hydrogen) atoms. The number of aromatic nitrogens is 1. The number of hydrogen-bond acceptors (Lipinski definition) is 2. The van der Waals surface area contributed by atoms with Crippen LogP contribution in [0.3, 0.4) is 0 Å². The van der Waals surface area contributed by atoms with Crippen molar-refractivity contribution in [3.05, 3.63) is 24.0 Å². The van der Waals surface area contributed by atoms with Gasteiger partial charge < -0.3 is 9.67 Å². The number of rotatable bonds is 4. The van der Waals surface area contributed by atoms with E-state index >= 15 is 0 Å². The fraction of sp³-hybridized carbons (Fsp3) is 0.500. The van der Waals surface area contributed by atoms with Crippen LogP contribution >= 0.6 is 11.8 Å². The molecule has 0 aliphatic rings. The first-order valence-corrected chi connectivity index (χ1v) is 5.01. The van der Waals surface area contributed by atoms with E-state index in [-0.39, 0.29) is 6.61 Å². The third-order valence-electron chi connectivity index (χ3n) is 1.62. The molecule has 2 nitrogen and oxygen atoms in total. The second-order valence-electron chi connectivity index (χ2n) is 2.34. The molecule has 0 aliphatic heterocycles. The molecule has 1 heterocycles. The summed E-state index contributed by atoms with van der Waals surface area (Å²) in [5.41, 5.74) is 0.999. The van der Waals surface area contributed by atoms with Gasteiger partial charge in [-0.2, -0.15) is 11.8 Å². The molecule has 0 saturated heterocycles. The number of hydrogen-bond donors (Lipinski definition) is 1. The summed E-state index contributed by atoms with van der Waals surface area (Å²) in [6, 6.07) is 3.91. The van der Waals surface area contributed by atoms with Gasteiger partial charge in [-0.1, -0.05) is 0 Å². The normalized spacial score (nSPS) is 10.4. The van der Waals surface area contributed by atoms with Gasteiger partial charge in [0.1, 0.15) is 0 Å². The van der Waals surface area contributed by atoms with Gasteiger partial charge in [0.2, 0.25) is 0 Å². The first-order chi connectivity index (χ1) is 5.38. The summed E-state index contributed by atoms with van der Waals surface area (Å²) in [6.45, 7) is 1.13. The number of aryl methyl sites for hydroxylation is 1. The number of thioether (sulfide) groups is 1. The Hall–Kier alpha value is -0.410. The van der Waals surface area contributed by atoms with Crippen LogP contribution in [-0.2, 0) is 13.2 Å². The van der Waals surface area contributed by atoms with Gasteiger partial charge in [0, 0.05) is 24.2 Å². The van der Waals surface area contributed by atoms with Crippen LogP contribution in [0.15, 0.2) is 18.3 Å². The minimum absolute atomic E-state index is 0.140. The first kappa shape index (κ1) is 8.68. The van der Waals surface area contributed by atoms with E-state index in [4.69, 9.17) is 5.11 Å². The van der Waals surface area contributed by atoms with E-state index in [9.17, 15) is 0 Å². The fourth-order valence-corrected chi connectivity index (χ4v) is 1.38. The predicted octanol–water partition coefficient (Wildman–Crippen LogP) is 1.34. The first-order valence-electron chi connectivity index (χ1n) is 3.62. The van der Waals surface area contributed by atoms with E-state index in [1.54, 1.807) is 0 Å². The van der Waals surface area contributed by atoms with E-state index in [2.05, 4.69) is 10.8 Å². The van der Waals surface area contributed by atoms with Crippen molar-refractivity contribution >= 4 is 11.8 Å². The van der Waals surface area contributed by atoms with Gasteiger partial charge in [-0.25, -0.2) is 0 Å². The highest BCUT2D eigenvalue weighted by Gasteiger charge is 1.96. The van der Waals surface area contributed by atoms with Gasteiger partial charge in [0.15, 0.2) is 0 Å². The molecule has 0 amide bonds. The molecular weight excluding hydrogens is 158 g/mol. The van der Waals surface area contributed by atoms with E-state index < -0.39 is 0 Å². The average molecular weight is 171 g/mol. The lowest BCUT2D eigenvalue weighted by atomic mass is 10.4. The van der Waals surface area contributed by atoms with Crippen LogP contribution in [0.1, 0.15) is 5.69 Å². The van der Waals surface area contributed by atoms with Gasteiger partial charge in [0.25, 0.3) is 0 Å². The Morgan fingerprint density at radius 3 is 3.09 bits per heavy atom. The third-order valence-corrected chi connectivity index (χ3v) is 2.21. The van der Waals surface area contributed by atoms with Crippen LogP contribution in [0.2, 0.25) is 0 Å². The van der Waals surface area contributed by atoms with Crippen molar-refractivity contribution < 1.29 is 5.11 Å². The summed E-state index contributed by atoms with van der Waals surface area (Å²) in [4.78, 5) is 0. The maximum absolute atomic E-state index is 8.88. The minimum atomic E-state index is 0.140. The summed E-state index contributed by atoms with van der Waals surface area (Å²) in [5.74, 6) is 1.10. The lowest BCUT2D eigenvalue weighted by Crippen LogP contribution is -2.03. The predicted molar refractivity (Wildman–Crippen MR) is 48.7 cm³/mol. The lowest BCUT2D eigenvalue weighted by Gasteiger charge is -2.04. The molecule has 62 valence electrons. The Balaban J connectivity index is 2.54. The Morgan fingerprint density at radius 1 is 1.64 bits per heavy atom. The monoisotopic (exact) mass is 171 g/mol. The zero-order valence-electron chi connectivity index (χ0n) is 6.66. The standard InChI is InChI=1S/C8H13NOS/c1-11-6-5-9-4-2-3-8(9)7-10/h2-4,10H,5-7H2,1H3. The summed E-state index contributed by atoms with van der Waals surface area (Å²) in [6.07, 6.45) is 4.09. The molecule has 0 unspecified atom stereocenters. The van der Waals surface area contributed by atoms with Crippen LogP contribution in [0.25, 0.3) is 0 Å². The van der Waals surface area contributed by atoms with Crippen molar-refractivity contribution in [1.29, 1.82) is 0 Å². The lowest BCUT2D eigenvalue weighted by molar-refractivity contribution is 0.271. The molecule has 1 aromatic heterocycles. The van der Waals surface area contributed by atoms with Crippen molar-refractivity contribution in [3.63, 3.8) is 0 Å². The van der Waals surface area contributed by atoms with Crippen molar-refractivity contribution in [3.8, 4) is 0 Å². The van der Waals surface area contributed by atoms with Crippen LogP contribution in [0.4, 0.5) is 0 Å². The van der Waals surface area contributed by atoms with Crippen molar-refractivity contribution in [2.24, 2.45) is 0 Å². The molecule has 0 saturated carbocycles.